The maximum absolute atomic E-state index is 11.0. The van der Waals surface area contributed by atoms with Crippen molar-refractivity contribution in [2.45, 2.75) is 31.7 Å². The molecule has 1 fully saturated rings. The van der Waals surface area contributed by atoms with Crippen LogP contribution in [0.3, 0.4) is 0 Å². The van der Waals surface area contributed by atoms with Crippen LogP contribution in [0.1, 0.15) is 18.4 Å². The lowest BCUT2D eigenvalue weighted by Gasteiger charge is -2.18. The maximum atomic E-state index is 11.0. The van der Waals surface area contributed by atoms with E-state index < -0.39 is 24.1 Å². The lowest BCUT2D eigenvalue weighted by atomic mass is 10.0. The smallest absolute Gasteiger partial charge is 0.309 e. The molecule has 2 aromatic carbocycles. The lowest BCUT2D eigenvalue weighted by Crippen LogP contribution is -2.31. The SMILES string of the molecule is O=C(O)[C@H]1CC[C@@H](OCc2ccc(-c3ccccc3)cc2)[C@@H]1O. The van der Waals surface area contributed by atoms with Crippen LogP contribution in [-0.2, 0) is 16.1 Å². The second-order valence-corrected chi connectivity index (χ2v) is 5.93. The second-order valence-electron chi connectivity index (χ2n) is 5.93. The van der Waals surface area contributed by atoms with Gasteiger partial charge in [-0.1, -0.05) is 54.6 Å². The van der Waals surface area contributed by atoms with E-state index in [2.05, 4.69) is 12.1 Å². The fourth-order valence-corrected chi connectivity index (χ4v) is 3.02. The van der Waals surface area contributed by atoms with Gasteiger partial charge in [0, 0.05) is 0 Å². The van der Waals surface area contributed by atoms with Crippen molar-refractivity contribution in [1.29, 1.82) is 0 Å². The Hall–Kier alpha value is -2.17. The van der Waals surface area contributed by atoms with E-state index in [1.54, 1.807) is 0 Å². The number of carboxylic acid groups (broad SMARTS) is 1. The average molecular weight is 312 g/mol. The van der Waals surface area contributed by atoms with Crippen molar-refractivity contribution in [3.05, 3.63) is 60.2 Å². The molecule has 1 saturated carbocycles. The highest BCUT2D eigenvalue weighted by molar-refractivity contribution is 5.71. The van der Waals surface area contributed by atoms with E-state index >= 15 is 0 Å². The zero-order valence-corrected chi connectivity index (χ0v) is 12.8. The van der Waals surface area contributed by atoms with Gasteiger partial charge in [-0.05, 0) is 29.5 Å². The number of ether oxygens (including phenoxy) is 1. The van der Waals surface area contributed by atoms with E-state index in [1.165, 1.54) is 0 Å². The minimum atomic E-state index is -0.948. The van der Waals surface area contributed by atoms with E-state index in [4.69, 9.17) is 9.84 Å². The summed E-state index contributed by atoms with van der Waals surface area (Å²) >= 11 is 0. The Bertz CT molecular complexity index is 651. The van der Waals surface area contributed by atoms with E-state index in [0.717, 1.165) is 16.7 Å². The molecule has 0 heterocycles. The van der Waals surface area contributed by atoms with Crippen molar-refractivity contribution >= 4 is 5.97 Å². The molecule has 1 aliphatic carbocycles. The van der Waals surface area contributed by atoms with Crippen molar-refractivity contribution in [3.63, 3.8) is 0 Å². The maximum Gasteiger partial charge on any atom is 0.309 e. The number of rotatable bonds is 5. The van der Waals surface area contributed by atoms with E-state index in [-0.39, 0.29) is 0 Å². The molecule has 4 heteroatoms. The Balaban J connectivity index is 1.58. The molecule has 3 rings (SSSR count). The van der Waals surface area contributed by atoms with Crippen LogP contribution in [0.15, 0.2) is 54.6 Å². The van der Waals surface area contributed by atoms with Crippen LogP contribution in [-0.4, -0.2) is 28.4 Å². The van der Waals surface area contributed by atoms with Crippen molar-refractivity contribution < 1.29 is 19.7 Å². The van der Waals surface area contributed by atoms with Gasteiger partial charge in [0.2, 0.25) is 0 Å². The van der Waals surface area contributed by atoms with E-state index in [9.17, 15) is 9.90 Å². The molecule has 0 aliphatic heterocycles. The zero-order chi connectivity index (χ0) is 16.2. The van der Waals surface area contributed by atoms with Gasteiger partial charge in [-0.15, -0.1) is 0 Å². The molecular weight excluding hydrogens is 292 g/mol. The standard InChI is InChI=1S/C19H20O4/c20-18-16(19(21)22)10-11-17(18)23-12-13-6-8-15(9-7-13)14-4-2-1-3-5-14/h1-9,16-18,20H,10-12H2,(H,21,22)/t16-,17+,18+/m0/s1. The van der Waals surface area contributed by atoms with Gasteiger partial charge < -0.3 is 14.9 Å². The number of hydrogen-bond acceptors (Lipinski definition) is 3. The van der Waals surface area contributed by atoms with Gasteiger partial charge in [0.15, 0.2) is 0 Å². The summed E-state index contributed by atoms with van der Waals surface area (Å²) in [4.78, 5) is 11.0. The minimum Gasteiger partial charge on any atom is -0.481 e. The van der Waals surface area contributed by atoms with Crippen LogP contribution in [0.4, 0.5) is 0 Å². The molecule has 120 valence electrons. The summed E-state index contributed by atoms with van der Waals surface area (Å²) in [6, 6.07) is 18.2. The molecule has 0 radical (unpaired) electrons. The minimum absolute atomic E-state index is 0.378. The molecule has 23 heavy (non-hydrogen) atoms. The van der Waals surface area contributed by atoms with Gasteiger partial charge in [0.05, 0.1) is 24.7 Å². The first-order valence-corrected chi connectivity index (χ1v) is 7.82. The third-order valence-electron chi connectivity index (χ3n) is 4.40. The number of aliphatic carboxylic acids is 1. The molecule has 2 aromatic rings. The van der Waals surface area contributed by atoms with Crippen LogP contribution in [0.5, 0.6) is 0 Å². The van der Waals surface area contributed by atoms with Crippen LogP contribution in [0.25, 0.3) is 11.1 Å². The zero-order valence-electron chi connectivity index (χ0n) is 12.8. The largest absolute Gasteiger partial charge is 0.481 e. The molecular formula is C19H20O4. The van der Waals surface area contributed by atoms with Crippen LogP contribution in [0.2, 0.25) is 0 Å². The number of aliphatic hydroxyl groups is 1. The molecule has 0 unspecified atom stereocenters. The Morgan fingerprint density at radius 3 is 2.26 bits per heavy atom. The first-order chi connectivity index (χ1) is 11.1. The van der Waals surface area contributed by atoms with Gasteiger partial charge in [0.1, 0.15) is 0 Å². The number of carbonyl (C=O) groups is 1. The second kappa shape index (κ2) is 6.94. The summed E-state index contributed by atoms with van der Waals surface area (Å²) in [6.45, 7) is 0.378. The Labute approximate surface area is 135 Å². The van der Waals surface area contributed by atoms with Crippen molar-refractivity contribution in [1.82, 2.24) is 0 Å². The summed E-state index contributed by atoms with van der Waals surface area (Å²) in [5.41, 5.74) is 3.31. The van der Waals surface area contributed by atoms with E-state index in [0.29, 0.717) is 19.4 Å². The Morgan fingerprint density at radius 2 is 1.65 bits per heavy atom. The summed E-state index contributed by atoms with van der Waals surface area (Å²) in [5, 5.41) is 19.0. The summed E-state index contributed by atoms with van der Waals surface area (Å²) in [7, 11) is 0. The fourth-order valence-electron chi connectivity index (χ4n) is 3.02. The molecule has 2 N–H and O–H groups in total. The van der Waals surface area contributed by atoms with Gasteiger partial charge in [-0.3, -0.25) is 4.79 Å². The normalized spacial score (nSPS) is 23.8. The number of carboxylic acids is 1. The highest BCUT2D eigenvalue weighted by Crippen LogP contribution is 2.29. The highest BCUT2D eigenvalue weighted by Gasteiger charge is 2.39. The molecule has 4 nitrogen and oxygen atoms in total. The average Bonchev–Trinajstić information content (AvgIpc) is 2.95. The highest BCUT2D eigenvalue weighted by atomic mass is 16.5. The molecule has 1 aliphatic rings. The molecule has 0 spiro atoms. The lowest BCUT2D eigenvalue weighted by molar-refractivity contribution is -0.146. The molecule has 0 aromatic heterocycles. The van der Waals surface area contributed by atoms with Crippen molar-refractivity contribution in [3.8, 4) is 11.1 Å². The molecule has 0 amide bonds. The number of benzene rings is 2. The van der Waals surface area contributed by atoms with Crippen molar-refractivity contribution in [2.75, 3.05) is 0 Å². The predicted molar refractivity (Wildman–Crippen MR) is 86.8 cm³/mol. The number of hydrogen-bond donors (Lipinski definition) is 2. The first-order valence-electron chi connectivity index (χ1n) is 7.82. The van der Waals surface area contributed by atoms with Gasteiger partial charge in [-0.2, -0.15) is 0 Å². The van der Waals surface area contributed by atoms with E-state index in [1.807, 2.05) is 42.5 Å². The molecule has 0 bridgehead atoms. The molecule has 0 saturated heterocycles. The predicted octanol–water partition coefficient (Wildman–Crippen LogP) is 3.09. The monoisotopic (exact) mass is 312 g/mol. The van der Waals surface area contributed by atoms with Crippen LogP contribution < -0.4 is 0 Å². The van der Waals surface area contributed by atoms with Crippen LogP contribution >= 0.6 is 0 Å². The van der Waals surface area contributed by atoms with Gasteiger partial charge in [-0.25, -0.2) is 0 Å². The van der Waals surface area contributed by atoms with Crippen molar-refractivity contribution in [2.24, 2.45) is 5.92 Å². The van der Waals surface area contributed by atoms with Crippen LogP contribution in [0, 0.1) is 5.92 Å². The van der Waals surface area contributed by atoms with Gasteiger partial charge in [0.25, 0.3) is 0 Å². The fraction of sp³-hybridized carbons (Fsp3) is 0.316. The first kappa shape index (κ1) is 15.7. The Kier molecular flexibility index (Phi) is 4.74. The van der Waals surface area contributed by atoms with Gasteiger partial charge >= 0.3 is 5.97 Å². The third-order valence-corrected chi connectivity index (χ3v) is 4.40. The summed E-state index contributed by atoms with van der Waals surface area (Å²) in [6.07, 6.45) is -0.269. The third kappa shape index (κ3) is 3.60. The summed E-state index contributed by atoms with van der Waals surface area (Å²) in [5.74, 6) is -1.66. The Morgan fingerprint density at radius 1 is 1.00 bits per heavy atom. The quantitative estimate of drug-likeness (QED) is 0.890. The molecule has 3 atom stereocenters. The topological polar surface area (TPSA) is 66.8 Å². The summed E-state index contributed by atoms with van der Waals surface area (Å²) < 4.78 is 5.71. The number of aliphatic hydroxyl groups excluding tert-OH is 1.